The summed E-state index contributed by atoms with van der Waals surface area (Å²) >= 11 is 0. The minimum absolute atomic E-state index is 0.310. The Hall–Kier alpha value is -3.67. The van der Waals surface area contributed by atoms with E-state index in [0.717, 1.165) is 11.3 Å². The maximum atomic E-state index is 13.6. The van der Waals surface area contributed by atoms with Crippen LogP contribution in [-0.4, -0.2) is 15.3 Å². The molecule has 6 heteroatoms. The van der Waals surface area contributed by atoms with Crippen LogP contribution >= 0.6 is 0 Å². The first kappa shape index (κ1) is 17.7. The van der Waals surface area contributed by atoms with Crippen LogP contribution in [0.15, 0.2) is 73.1 Å². The van der Waals surface area contributed by atoms with Crippen LogP contribution < -0.4 is 10.1 Å². The Bertz CT molecular complexity index is 1100. The first-order valence-corrected chi connectivity index (χ1v) is 8.81. The van der Waals surface area contributed by atoms with Crippen LogP contribution in [0.5, 0.6) is 5.75 Å². The molecular formula is C22H18FN3O2. The first-order chi connectivity index (χ1) is 13.6. The molecule has 4 aromatic rings. The van der Waals surface area contributed by atoms with E-state index in [1.165, 1.54) is 6.07 Å². The summed E-state index contributed by atoms with van der Waals surface area (Å²) in [6, 6.07) is 17.2. The predicted molar refractivity (Wildman–Crippen MR) is 105 cm³/mol. The fourth-order valence-corrected chi connectivity index (χ4v) is 2.79. The number of aromatic nitrogens is 2. The molecule has 0 aliphatic carbocycles. The van der Waals surface area contributed by atoms with Gasteiger partial charge in [0, 0.05) is 23.6 Å². The maximum absolute atomic E-state index is 13.6. The predicted octanol–water partition coefficient (Wildman–Crippen LogP) is 4.61. The normalized spacial score (nSPS) is 10.8. The molecule has 0 bridgehead atoms. The van der Waals surface area contributed by atoms with Crippen molar-refractivity contribution in [2.75, 3.05) is 5.32 Å². The van der Waals surface area contributed by atoms with Gasteiger partial charge in [0.25, 0.3) is 5.91 Å². The number of anilines is 1. The van der Waals surface area contributed by atoms with E-state index >= 15 is 0 Å². The molecule has 0 fully saturated rings. The summed E-state index contributed by atoms with van der Waals surface area (Å²) in [5, 5.41) is 2.69. The molecule has 140 valence electrons. The molecule has 1 N–H and O–H groups in total. The van der Waals surface area contributed by atoms with Gasteiger partial charge in [-0.15, -0.1) is 0 Å². The largest absolute Gasteiger partial charge is 0.487 e. The van der Waals surface area contributed by atoms with E-state index in [1.54, 1.807) is 43.3 Å². The Kier molecular flexibility index (Phi) is 4.76. The summed E-state index contributed by atoms with van der Waals surface area (Å²) in [4.78, 5) is 16.8. The van der Waals surface area contributed by atoms with Crippen LogP contribution in [0.1, 0.15) is 21.6 Å². The number of rotatable bonds is 5. The molecule has 0 unspecified atom stereocenters. The van der Waals surface area contributed by atoms with Crippen LogP contribution in [0.25, 0.3) is 5.65 Å². The number of carbonyl (C=O) groups excluding carboxylic acids is 1. The minimum Gasteiger partial charge on any atom is -0.487 e. The molecule has 4 rings (SSSR count). The highest BCUT2D eigenvalue weighted by Gasteiger charge is 2.08. The molecule has 0 aliphatic heterocycles. The van der Waals surface area contributed by atoms with Crippen molar-refractivity contribution in [2.24, 2.45) is 0 Å². The van der Waals surface area contributed by atoms with Gasteiger partial charge in [-0.2, -0.15) is 0 Å². The van der Waals surface area contributed by atoms with Crippen molar-refractivity contribution in [3.63, 3.8) is 0 Å². The smallest absolute Gasteiger partial charge is 0.255 e. The van der Waals surface area contributed by atoms with Crippen LogP contribution in [0.3, 0.4) is 0 Å². The topological polar surface area (TPSA) is 55.6 Å². The van der Waals surface area contributed by atoms with Gasteiger partial charge in [0.05, 0.1) is 5.69 Å². The number of pyridine rings is 1. The number of aryl methyl sites for hydroxylation is 1. The van der Waals surface area contributed by atoms with Crippen LogP contribution in [-0.2, 0) is 6.61 Å². The Morgan fingerprint density at radius 3 is 2.71 bits per heavy atom. The number of nitrogens with zero attached hydrogens (tertiary/aromatic N) is 2. The molecule has 0 spiro atoms. The Morgan fingerprint density at radius 2 is 1.96 bits per heavy atom. The number of amides is 1. The fraction of sp³-hybridized carbons (Fsp3) is 0.0909. The first-order valence-electron chi connectivity index (χ1n) is 8.81. The summed E-state index contributed by atoms with van der Waals surface area (Å²) in [5.41, 5.74) is 3.08. The summed E-state index contributed by atoms with van der Waals surface area (Å²) in [6.07, 6.45) is 3.84. The average molecular weight is 375 g/mol. The zero-order valence-corrected chi connectivity index (χ0v) is 15.2. The van der Waals surface area contributed by atoms with Gasteiger partial charge in [0.15, 0.2) is 0 Å². The van der Waals surface area contributed by atoms with E-state index in [0.29, 0.717) is 29.2 Å². The second-order valence-corrected chi connectivity index (χ2v) is 6.43. The zero-order valence-electron chi connectivity index (χ0n) is 15.2. The lowest BCUT2D eigenvalue weighted by Gasteiger charge is -2.08. The molecule has 1 amide bonds. The summed E-state index contributed by atoms with van der Waals surface area (Å²) in [6.45, 7) is 2.00. The van der Waals surface area contributed by atoms with Crippen molar-refractivity contribution < 1.29 is 13.9 Å². The molecule has 5 nitrogen and oxygen atoms in total. The van der Waals surface area contributed by atoms with Gasteiger partial charge >= 0.3 is 0 Å². The van der Waals surface area contributed by atoms with Gasteiger partial charge in [-0.3, -0.25) is 4.79 Å². The van der Waals surface area contributed by atoms with Gasteiger partial charge in [-0.25, -0.2) is 9.37 Å². The number of carbonyl (C=O) groups is 1. The van der Waals surface area contributed by atoms with E-state index in [4.69, 9.17) is 4.74 Å². The van der Waals surface area contributed by atoms with Crippen molar-refractivity contribution in [1.29, 1.82) is 0 Å². The number of hydrogen-bond donors (Lipinski definition) is 1. The quantitative estimate of drug-likeness (QED) is 0.554. The van der Waals surface area contributed by atoms with Gasteiger partial charge in [0.1, 0.15) is 23.8 Å². The third-order valence-electron chi connectivity index (χ3n) is 4.35. The Labute approximate surface area is 161 Å². The molecule has 0 radical (unpaired) electrons. The standard InChI is InChI=1S/C22H18FN3O2/c1-15-5-8-17(12-20(15)23)25-22(27)16-6-9-19(10-7-16)28-14-18-13-26-11-3-2-4-21(26)24-18/h2-13H,14H2,1H3,(H,25,27). The van der Waals surface area contributed by atoms with E-state index < -0.39 is 0 Å². The van der Waals surface area contributed by atoms with E-state index in [1.807, 2.05) is 35.0 Å². The Balaban J connectivity index is 1.38. The third-order valence-corrected chi connectivity index (χ3v) is 4.35. The highest BCUT2D eigenvalue weighted by atomic mass is 19.1. The molecule has 0 atom stereocenters. The fourth-order valence-electron chi connectivity index (χ4n) is 2.79. The summed E-state index contributed by atoms with van der Waals surface area (Å²) < 4.78 is 21.3. The minimum atomic E-state index is -0.353. The SMILES string of the molecule is Cc1ccc(NC(=O)c2ccc(OCc3cn4ccccc4n3)cc2)cc1F. The maximum Gasteiger partial charge on any atom is 0.255 e. The number of benzene rings is 2. The molecule has 2 heterocycles. The van der Waals surface area contributed by atoms with Crippen LogP contribution in [0.2, 0.25) is 0 Å². The Morgan fingerprint density at radius 1 is 1.14 bits per heavy atom. The number of ether oxygens (including phenoxy) is 1. The van der Waals surface area contributed by atoms with Crippen LogP contribution in [0, 0.1) is 12.7 Å². The molecule has 2 aromatic carbocycles. The average Bonchev–Trinajstić information content (AvgIpc) is 3.12. The number of fused-ring (bicyclic) bond motifs is 1. The molecule has 2 aromatic heterocycles. The lowest BCUT2D eigenvalue weighted by atomic mass is 10.2. The monoisotopic (exact) mass is 375 g/mol. The van der Waals surface area contributed by atoms with Gasteiger partial charge in [-0.1, -0.05) is 12.1 Å². The molecule has 0 aliphatic rings. The van der Waals surface area contributed by atoms with Crippen molar-refractivity contribution >= 4 is 17.2 Å². The number of nitrogens with one attached hydrogen (secondary N) is 1. The lowest BCUT2D eigenvalue weighted by molar-refractivity contribution is 0.102. The lowest BCUT2D eigenvalue weighted by Crippen LogP contribution is -2.12. The number of halogens is 1. The zero-order chi connectivity index (χ0) is 19.5. The molecule has 0 saturated heterocycles. The van der Waals surface area contributed by atoms with Crippen molar-refractivity contribution in [3.05, 3.63) is 95.7 Å². The molecule has 28 heavy (non-hydrogen) atoms. The van der Waals surface area contributed by atoms with E-state index in [9.17, 15) is 9.18 Å². The highest BCUT2D eigenvalue weighted by Crippen LogP contribution is 2.17. The van der Waals surface area contributed by atoms with Crippen molar-refractivity contribution in [2.45, 2.75) is 13.5 Å². The van der Waals surface area contributed by atoms with Gasteiger partial charge in [-0.05, 0) is 61.0 Å². The highest BCUT2D eigenvalue weighted by molar-refractivity contribution is 6.04. The van der Waals surface area contributed by atoms with E-state index in [2.05, 4.69) is 10.3 Å². The second kappa shape index (κ2) is 7.52. The van der Waals surface area contributed by atoms with Crippen molar-refractivity contribution in [3.8, 4) is 5.75 Å². The number of hydrogen-bond acceptors (Lipinski definition) is 3. The molecule has 0 saturated carbocycles. The van der Waals surface area contributed by atoms with Crippen molar-refractivity contribution in [1.82, 2.24) is 9.38 Å². The second-order valence-electron chi connectivity index (χ2n) is 6.43. The van der Waals surface area contributed by atoms with E-state index in [-0.39, 0.29) is 11.7 Å². The summed E-state index contributed by atoms with van der Waals surface area (Å²) in [5.74, 6) is -0.0290. The van der Waals surface area contributed by atoms with Gasteiger partial charge < -0.3 is 14.5 Å². The van der Waals surface area contributed by atoms with Crippen LogP contribution in [0.4, 0.5) is 10.1 Å². The third kappa shape index (κ3) is 3.86. The van der Waals surface area contributed by atoms with Gasteiger partial charge in [0.2, 0.25) is 0 Å². The number of imidazole rings is 1. The molecular weight excluding hydrogens is 357 g/mol. The summed E-state index contributed by atoms with van der Waals surface area (Å²) in [7, 11) is 0.